The second-order valence-electron chi connectivity index (χ2n) is 5.09. The minimum atomic E-state index is -2.88. The molecule has 0 aliphatic carbocycles. The first-order chi connectivity index (χ1) is 9.98. The molecule has 2 N–H and O–H groups in total. The van der Waals surface area contributed by atoms with E-state index in [1.54, 1.807) is 0 Å². The maximum absolute atomic E-state index is 11.7. The summed E-state index contributed by atoms with van der Waals surface area (Å²) < 4.78 is 22.6. The summed E-state index contributed by atoms with van der Waals surface area (Å²) in [6.45, 7) is 0.446. The summed E-state index contributed by atoms with van der Waals surface area (Å²) in [4.78, 5) is 11.7. The van der Waals surface area contributed by atoms with Gasteiger partial charge in [-0.1, -0.05) is 24.3 Å². The van der Waals surface area contributed by atoms with E-state index in [0.717, 1.165) is 11.1 Å². The topological polar surface area (TPSA) is 83.5 Å². The van der Waals surface area contributed by atoms with Crippen molar-refractivity contribution in [3.63, 3.8) is 0 Å². The molecule has 0 saturated carbocycles. The van der Waals surface area contributed by atoms with Crippen molar-refractivity contribution in [1.29, 1.82) is 0 Å². The summed E-state index contributed by atoms with van der Waals surface area (Å²) in [5.74, 6) is 0.627. The highest BCUT2D eigenvalue weighted by Crippen LogP contribution is 2.23. The number of hydrogen-bond donors (Lipinski definition) is 2. The Morgan fingerprint density at radius 1 is 1.29 bits per heavy atom. The zero-order chi connectivity index (χ0) is 15.3. The first-order valence-corrected chi connectivity index (χ1v) is 9.63. The predicted molar refractivity (Wildman–Crippen MR) is 83.7 cm³/mol. The molecule has 116 valence electrons. The highest BCUT2D eigenvalue weighted by molar-refractivity contribution is 8.02. The zero-order valence-corrected chi connectivity index (χ0v) is 13.3. The molecule has 7 heteroatoms. The van der Waals surface area contributed by atoms with Crippen LogP contribution in [0.15, 0.2) is 24.3 Å². The summed E-state index contributed by atoms with van der Waals surface area (Å²) in [7, 11) is -2.88. The molecular formula is C14H19NO4S2. The number of nitrogens with one attached hydrogen (secondary N) is 1. The Balaban J connectivity index is 1.70. The van der Waals surface area contributed by atoms with E-state index in [1.165, 1.54) is 11.8 Å². The largest absolute Gasteiger partial charge is 0.392 e. The van der Waals surface area contributed by atoms with Crippen LogP contribution in [-0.4, -0.2) is 41.9 Å². The van der Waals surface area contributed by atoms with E-state index in [0.29, 0.717) is 13.0 Å². The van der Waals surface area contributed by atoms with Crippen molar-refractivity contribution in [1.82, 2.24) is 5.32 Å². The zero-order valence-electron chi connectivity index (χ0n) is 11.6. The van der Waals surface area contributed by atoms with Gasteiger partial charge in [0.05, 0.1) is 23.9 Å². The van der Waals surface area contributed by atoms with Gasteiger partial charge in [-0.3, -0.25) is 4.79 Å². The molecular weight excluding hydrogens is 310 g/mol. The maximum Gasteiger partial charge on any atom is 0.230 e. The molecule has 1 unspecified atom stereocenters. The van der Waals surface area contributed by atoms with Crippen LogP contribution in [0.4, 0.5) is 0 Å². The van der Waals surface area contributed by atoms with Gasteiger partial charge in [0.25, 0.3) is 0 Å². The van der Waals surface area contributed by atoms with Crippen molar-refractivity contribution in [2.24, 2.45) is 0 Å². The third-order valence-corrected chi connectivity index (χ3v) is 6.62. The Bertz CT molecular complexity index is 583. The molecule has 1 saturated heterocycles. The van der Waals surface area contributed by atoms with Gasteiger partial charge in [0.15, 0.2) is 9.84 Å². The molecule has 0 aromatic heterocycles. The van der Waals surface area contributed by atoms with Gasteiger partial charge in [-0.15, -0.1) is 11.8 Å². The van der Waals surface area contributed by atoms with E-state index >= 15 is 0 Å². The van der Waals surface area contributed by atoms with Crippen LogP contribution in [0.5, 0.6) is 0 Å². The van der Waals surface area contributed by atoms with Crippen molar-refractivity contribution in [2.45, 2.75) is 24.8 Å². The van der Waals surface area contributed by atoms with E-state index < -0.39 is 9.84 Å². The van der Waals surface area contributed by atoms with Gasteiger partial charge < -0.3 is 10.4 Å². The average molecular weight is 329 g/mol. The predicted octanol–water partition coefficient (Wildman–Crippen LogP) is 0.715. The quantitative estimate of drug-likeness (QED) is 0.803. The van der Waals surface area contributed by atoms with Crippen molar-refractivity contribution in [3.8, 4) is 0 Å². The number of thioether (sulfide) groups is 1. The fourth-order valence-corrected chi connectivity index (χ4v) is 5.57. The van der Waals surface area contributed by atoms with Crippen LogP contribution in [0.25, 0.3) is 0 Å². The highest BCUT2D eigenvalue weighted by Gasteiger charge is 2.28. The third-order valence-electron chi connectivity index (χ3n) is 3.34. The van der Waals surface area contributed by atoms with Gasteiger partial charge in [-0.25, -0.2) is 8.42 Å². The fraction of sp³-hybridized carbons (Fsp3) is 0.500. The van der Waals surface area contributed by atoms with Crippen molar-refractivity contribution in [2.75, 3.05) is 17.3 Å². The third kappa shape index (κ3) is 5.33. The van der Waals surface area contributed by atoms with Crippen LogP contribution < -0.4 is 5.32 Å². The van der Waals surface area contributed by atoms with Crippen molar-refractivity contribution in [3.05, 3.63) is 35.4 Å². The summed E-state index contributed by atoms with van der Waals surface area (Å²) in [6, 6.07) is 7.37. The van der Waals surface area contributed by atoms with Gasteiger partial charge in [-0.05, 0) is 17.5 Å². The van der Waals surface area contributed by atoms with Crippen molar-refractivity contribution >= 4 is 27.5 Å². The first kappa shape index (κ1) is 16.3. The van der Waals surface area contributed by atoms with Gasteiger partial charge in [0.1, 0.15) is 0 Å². The molecule has 1 fully saturated rings. The Morgan fingerprint density at radius 2 is 1.95 bits per heavy atom. The van der Waals surface area contributed by atoms with Gasteiger partial charge in [-0.2, -0.15) is 0 Å². The lowest BCUT2D eigenvalue weighted by Crippen LogP contribution is -2.25. The molecule has 1 aromatic carbocycles. The van der Waals surface area contributed by atoms with Crippen LogP contribution in [0.1, 0.15) is 17.5 Å². The average Bonchev–Trinajstić information content (AvgIpc) is 2.83. The van der Waals surface area contributed by atoms with Crippen LogP contribution in [0, 0.1) is 0 Å². The molecule has 1 amide bonds. The molecule has 0 radical (unpaired) electrons. The smallest absolute Gasteiger partial charge is 0.230 e. The first-order valence-electron chi connectivity index (χ1n) is 6.76. The second-order valence-corrected chi connectivity index (χ2v) is 8.60. The second kappa shape index (κ2) is 7.29. The lowest BCUT2D eigenvalue weighted by molar-refractivity contribution is -0.118. The van der Waals surface area contributed by atoms with Crippen LogP contribution >= 0.6 is 11.8 Å². The van der Waals surface area contributed by atoms with Crippen LogP contribution in [-0.2, 0) is 27.8 Å². The molecule has 5 nitrogen and oxygen atoms in total. The standard InChI is InChI=1S/C14H19NO4S2/c16-8-12-3-1-11(2-4-12)7-15-14(17)9-20-13-5-6-21(18,19)10-13/h1-4,13,16H,5-10H2,(H,15,17). The summed E-state index contributed by atoms with van der Waals surface area (Å²) in [6.07, 6.45) is 0.642. The number of sulfone groups is 1. The highest BCUT2D eigenvalue weighted by atomic mass is 32.2. The number of aliphatic hydroxyl groups is 1. The number of hydrogen-bond acceptors (Lipinski definition) is 5. The lowest BCUT2D eigenvalue weighted by atomic mass is 10.1. The Kier molecular flexibility index (Phi) is 5.66. The van der Waals surface area contributed by atoms with E-state index in [2.05, 4.69) is 5.32 Å². The number of carbonyl (C=O) groups excluding carboxylic acids is 1. The SMILES string of the molecule is O=C(CSC1CCS(=O)(=O)C1)NCc1ccc(CO)cc1. The monoisotopic (exact) mass is 329 g/mol. The number of benzene rings is 1. The van der Waals surface area contributed by atoms with Crippen LogP contribution in [0.3, 0.4) is 0 Å². The molecule has 1 heterocycles. The van der Waals surface area contributed by atoms with Crippen molar-refractivity contribution < 1.29 is 18.3 Å². The number of aliphatic hydroxyl groups excluding tert-OH is 1. The van der Waals surface area contributed by atoms with E-state index in [9.17, 15) is 13.2 Å². The minimum absolute atomic E-state index is 0.00752. The molecule has 0 spiro atoms. The molecule has 1 aliphatic rings. The summed E-state index contributed by atoms with van der Waals surface area (Å²) in [5.41, 5.74) is 1.80. The molecule has 1 atom stereocenters. The number of rotatable bonds is 6. The Labute approximate surface area is 129 Å². The van der Waals surface area contributed by atoms with E-state index in [4.69, 9.17) is 5.11 Å². The van der Waals surface area contributed by atoms with E-state index in [-0.39, 0.29) is 35.0 Å². The summed E-state index contributed by atoms with van der Waals surface area (Å²) >= 11 is 1.41. The molecule has 2 rings (SSSR count). The number of amides is 1. The minimum Gasteiger partial charge on any atom is -0.392 e. The lowest BCUT2D eigenvalue weighted by Gasteiger charge is -2.08. The maximum atomic E-state index is 11.7. The molecule has 21 heavy (non-hydrogen) atoms. The Hall–Kier alpha value is -1.05. The molecule has 1 aliphatic heterocycles. The number of carbonyl (C=O) groups is 1. The van der Waals surface area contributed by atoms with E-state index in [1.807, 2.05) is 24.3 Å². The molecule has 1 aromatic rings. The normalized spacial score (nSPS) is 20.3. The summed E-state index contributed by atoms with van der Waals surface area (Å²) in [5, 5.41) is 11.8. The molecule has 0 bridgehead atoms. The van der Waals surface area contributed by atoms with Gasteiger partial charge in [0, 0.05) is 11.8 Å². The van der Waals surface area contributed by atoms with Gasteiger partial charge in [0.2, 0.25) is 5.91 Å². The van der Waals surface area contributed by atoms with Gasteiger partial charge >= 0.3 is 0 Å². The fourth-order valence-electron chi connectivity index (χ4n) is 2.10. The van der Waals surface area contributed by atoms with Crippen LogP contribution in [0.2, 0.25) is 0 Å². The Morgan fingerprint density at radius 3 is 2.52 bits per heavy atom.